The van der Waals surface area contributed by atoms with Crippen LogP contribution in [0, 0.1) is 0 Å². The molecule has 1 N–H and O–H groups in total. The number of carbonyl (C=O) groups excluding carboxylic acids is 1. The van der Waals surface area contributed by atoms with Gasteiger partial charge in [-0.15, -0.1) is 0 Å². The molecule has 118 valence electrons. The van der Waals surface area contributed by atoms with Crippen molar-refractivity contribution in [1.29, 1.82) is 0 Å². The summed E-state index contributed by atoms with van der Waals surface area (Å²) in [7, 11) is 0. The summed E-state index contributed by atoms with van der Waals surface area (Å²) in [5.74, 6) is 1.11. The lowest BCUT2D eigenvalue weighted by Crippen LogP contribution is -2.45. The Kier molecular flexibility index (Phi) is 5.82. The number of aliphatic hydroxyl groups excluding tert-OH is 1. The van der Waals surface area contributed by atoms with Gasteiger partial charge in [0.1, 0.15) is 5.76 Å². The van der Waals surface area contributed by atoms with E-state index in [-0.39, 0.29) is 18.6 Å². The number of aliphatic hydroxyl groups is 1. The zero-order valence-electron chi connectivity index (χ0n) is 13.0. The number of hydrogen-bond donors (Lipinski definition) is 1. The molecule has 5 nitrogen and oxygen atoms in total. The minimum atomic E-state index is -0.0976. The molecule has 0 radical (unpaired) electrons. The van der Waals surface area contributed by atoms with E-state index >= 15 is 0 Å². The number of amides is 1. The molecule has 0 aromatic carbocycles. The smallest absolute Gasteiger partial charge is 0.289 e. The molecule has 1 atom stereocenters. The van der Waals surface area contributed by atoms with Crippen molar-refractivity contribution in [3.63, 3.8) is 0 Å². The van der Waals surface area contributed by atoms with Crippen LogP contribution in [0.2, 0.25) is 0 Å². The Bertz CT molecular complexity index is 454. The van der Waals surface area contributed by atoms with Crippen LogP contribution in [-0.2, 0) is 6.54 Å². The third-order valence-corrected chi connectivity index (χ3v) is 4.25. The van der Waals surface area contributed by atoms with E-state index in [0.717, 1.165) is 44.7 Å². The maximum Gasteiger partial charge on any atom is 0.289 e. The van der Waals surface area contributed by atoms with Crippen molar-refractivity contribution in [3.8, 4) is 0 Å². The molecule has 1 amide bonds. The summed E-state index contributed by atoms with van der Waals surface area (Å²) >= 11 is 0. The number of piperidine rings is 1. The molecular weight excluding hydrogens is 268 g/mol. The van der Waals surface area contributed by atoms with Crippen molar-refractivity contribution in [2.45, 2.75) is 45.7 Å². The van der Waals surface area contributed by atoms with Gasteiger partial charge in [0.15, 0.2) is 5.76 Å². The van der Waals surface area contributed by atoms with Gasteiger partial charge in [-0.1, -0.05) is 13.8 Å². The maximum atomic E-state index is 12.5. The zero-order chi connectivity index (χ0) is 15.2. The average Bonchev–Trinajstić information content (AvgIpc) is 3.00. The fourth-order valence-electron chi connectivity index (χ4n) is 2.84. The first-order valence-electron chi connectivity index (χ1n) is 7.92. The molecule has 1 aliphatic heterocycles. The highest BCUT2D eigenvalue weighted by atomic mass is 16.4. The molecule has 1 aliphatic rings. The zero-order valence-corrected chi connectivity index (χ0v) is 13.0. The van der Waals surface area contributed by atoms with Crippen LogP contribution < -0.4 is 0 Å². The standard InChI is InChI=1S/C16H26N2O3/c1-3-17(4-2)11-14-8-9-15(21-14)16(20)18-10-6-5-7-13(18)12-19/h8-9,13,19H,3-7,10-12H2,1-2H3. The molecule has 1 fully saturated rings. The first-order valence-corrected chi connectivity index (χ1v) is 7.92. The molecular formula is C16H26N2O3. The molecule has 0 bridgehead atoms. The molecule has 0 aliphatic carbocycles. The van der Waals surface area contributed by atoms with Crippen molar-refractivity contribution in [3.05, 3.63) is 23.7 Å². The number of rotatable bonds is 6. The highest BCUT2D eigenvalue weighted by Crippen LogP contribution is 2.21. The minimum Gasteiger partial charge on any atom is -0.455 e. The van der Waals surface area contributed by atoms with Crippen LogP contribution in [0.15, 0.2) is 16.5 Å². The number of hydrogen-bond acceptors (Lipinski definition) is 4. The predicted octanol–water partition coefficient (Wildman–Crippen LogP) is 2.11. The fraction of sp³-hybridized carbons (Fsp3) is 0.688. The Morgan fingerprint density at radius 2 is 2.14 bits per heavy atom. The van der Waals surface area contributed by atoms with Gasteiger partial charge in [0, 0.05) is 6.54 Å². The minimum absolute atomic E-state index is 0.0265. The highest BCUT2D eigenvalue weighted by Gasteiger charge is 2.28. The van der Waals surface area contributed by atoms with E-state index in [4.69, 9.17) is 4.42 Å². The SMILES string of the molecule is CCN(CC)Cc1ccc(C(=O)N2CCCCC2CO)o1. The average molecular weight is 294 g/mol. The number of carbonyl (C=O) groups is 1. The van der Waals surface area contributed by atoms with Gasteiger partial charge in [0.2, 0.25) is 0 Å². The van der Waals surface area contributed by atoms with Gasteiger partial charge in [-0.3, -0.25) is 9.69 Å². The van der Waals surface area contributed by atoms with Crippen molar-refractivity contribution in [1.82, 2.24) is 9.80 Å². The van der Waals surface area contributed by atoms with Gasteiger partial charge >= 0.3 is 0 Å². The topological polar surface area (TPSA) is 56.9 Å². The lowest BCUT2D eigenvalue weighted by Gasteiger charge is -2.33. The van der Waals surface area contributed by atoms with Gasteiger partial charge in [0.05, 0.1) is 19.2 Å². The summed E-state index contributed by atoms with van der Waals surface area (Å²) < 4.78 is 5.71. The Morgan fingerprint density at radius 3 is 2.81 bits per heavy atom. The molecule has 0 spiro atoms. The van der Waals surface area contributed by atoms with Gasteiger partial charge in [-0.25, -0.2) is 0 Å². The van der Waals surface area contributed by atoms with Crippen molar-refractivity contribution < 1.29 is 14.3 Å². The lowest BCUT2D eigenvalue weighted by molar-refractivity contribution is 0.0470. The van der Waals surface area contributed by atoms with Gasteiger partial charge in [-0.05, 0) is 44.5 Å². The molecule has 1 saturated heterocycles. The second-order valence-electron chi connectivity index (χ2n) is 5.56. The Labute approximate surface area is 126 Å². The van der Waals surface area contributed by atoms with E-state index in [2.05, 4.69) is 18.7 Å². The molecule has 1 aromatic rings. The normalized spacial score (nSPS) is 19.2. The quantitative estimate of drug-likeness (QED) is 0.873. The summed E-state index contributed by atoms with van der Waals surface area (Å²) in [4.78, 5) is 16.5. The molecule has 1 unspecified atom stereocenters. The summed E-state index contributed by atoms with van der Waals surface area (Å²) in [5, 5.41) is 9.41. The molecule has 5 heteroatoms. The molecule has 0 saturated carbocycles. The molecule has 2 heterocycles. The second-order valence-corrected chi connectivity index (χ2v) is 5.56. The van der Waals surface area contributed by atoms with E-state index < -0.39 is 0 Å². The van der Waals surface area contributed by atoms with Gasteiger partial charge in [0.25, 0.3) is 5.91 Å². The van der Waals surface area contributed by atoms with Crippen molar-refractivity contribution in [2.75, 3.05) is 26.2 Å². The van der Waals surface area contributed by atoms with Crippen molar-refractivity contribution >= 4 is 5.91 Å². The van der Waals surface area contributed by atoms with Crippen molar-refractivity contribution in [2.24, 2.45) is 0 Å². The summed E-state index contributed by atoms with van der Waals surface area (Å²) in [5.41, 5.74) is 0. The molecule has 2 rings (SSSR count). The Hall–Kier alpha value is -1.33. The van der Waals surface area contributed by atoms with Crippen LogP contribution in [0.5, 0.6) is 0 Å². The lowest BCUT2D eigenvalue weighted by atomic mass is 10.0. The second kappa shape index (κ2) is 7.61. The number of likely N-dealkylation sites (tertiary alicyclic amines) is 1. The van der Waals surface area contributed by atoms with Crippen LogP contribution >= 0.6 is 0 Å². The number of nitrogens with zero attached hydrogens (tertiary/aromatic N) is 2. The molecule has 1 aromatic heterocycles. The number of furan rings is 1. The first kappa shape index (κ1) is 16.0. The molecule has 21 heavy (non-hydrogen) atoms. The maximum absolute atomic E-state index is 12.5. The summed E-state index contributed by atoms with van der Waals surface area (Å²) in [6.45, 7) is 7.59. The largest absolute Gasteiger partial charge is 0.455 e. The van der Waals surface area contributed by atoms with Crippen LogP contribution in [-0.4, -0.2) is 53.1 Å². The van der Waals surface area contributed by atoms with E-state index in [0.29, 0.717) is 12.3 Å². The predicted molar refractivity (Wildman–Crippen MR) is 81.1 cm³/mol. The summed E-state index contributed by atoms with van der Waals surface area (Å²) in [6.07, 6.45) is 2.94. The van der Waals surface area contributed by atoms with E-state index in [1.807, 2.05) is 6.07 Å². The van der Waals surface area contributed by atoms with Crippen LogP contribution in [0.4, 0.5) is 0 Å². The monoisotopic (exact) mass is 294 g/mol. The Balaban J connectivity index is 2.04. The van der Waals surface area contributed by atoms with Gasteiger partial charge < -0.3 is 14.4 Å². The van der Waals surface area contributed by atoms with E-state index in [9.17, 15) is 9.90 Å². The summed E-state index contributed by atoms with van der Waals surface area (Å²) in [6, 6.07) is 3.57. The fourth-order valence-corrected chi connectivity index (χ4v) is 2.84. The van der Waals surface area contributed by atoms with Crippen LogP contribution in [0.1, 0.15) is 49.4 Å². The van der Waals surface area contributed by atoms with Crippen LogP contribution in [0.3, 0.4) is 0 Å². The Morgan fingerprint density at radius 1 is 1.38 bits per heavy atom. The van der Waals surface area contributed by atoms with Gasteiger partial charge in [-0.2, -0.15) is 0 Å². The van der Waals surface area contributed by atoms with E-state index in [1.54, 1.807) is 11.0 Å². The first-order chi connectivity index (χ1) is 10.2. The highest BCUT2D eigenvalue weighted by molar-refractivity contribution is 5.91. The van der Waals surface area contributed by atoms with E-state index in [1.165, 1.54) is 0 Å². The third kappa shape index (κ3) is 3.86. The third-order valence-electron chi connectivity index (χ3n) is 4.25. The van der Waals surface area contributed by atoms with Crippen LogP contribution in [0.25, 0.3) is 0 Å².